The Morgan fingerprint density at radius 1 is 1.27 bits per heavy atom. The van der Waals surface area contributed by atoms with E-state index in [-0.39, 0.29) is 17.8 Å². The van der Waals surface area contributed by atoms with E-state index in [0.717, 1.165) is 5.56 Å². The zero-order chi connectivity index (χ0) is 18.5. The summed E-state index contributed by atoms with van der Waals surface area (Å²) in [5.74, 6) is 0.342. The summed E-state index contributed by atoms with van der Waals surface area (Å²) in [4.78, 5) is 12.8. The molecule has 2 aromatic carbocycles. The average molecular weight is 359 g/mol. The second-order valence-corrected chi connectivity index (χ2v) is 6.21. The van der Waals surface area contributed by atoms with Crippen molar-refractivity contribution in [2.24, 2.45) is 0 Å². The van der Waals surface area contributed by atoms with E-state index in [1.165, 1.54) is 19.2 Å². The monoisotopic (exact) mass is 359 g/mol. The number of ether oxygens (including phenoxy) is 3. The highest BCUT2D eigenvalue weighted by Crippen LogP contribution is 2.23. The first-order valence-corrected chi connectivity index (χ1v) is 8.53. The van der Waals surface area contributed by atoms with Gasteiger partial charge < -0.3 is 19.5 Å². The van der Waals surface area contributed by atoms with Crippen molar-refractivity contribution in [1.29, 1.82) is 0 Å². The molecule has 1 N–H and O–H groups in total. The van der Waals surface area contributed by atoms with Crippen LogP contribution in [-0.4, -0.2) is 38.4 Å². The highest BCUT2D eigenvalue weighted by Gasteiger charge is 2.30. The van der Waals surface area contributed by atoms with Crippen LogP contribution in [0.4, 0.5) is 4.39 Å². The Morgan fingerprint density at radius 3 is 2.85 bits per heavy atom. The van der Waals surface area contributed by atoms with Gasteiger partial charge in [0, 0.05) is 12.7 Å². The van der Waals surface area contributed by atoms with Gasteiger partial charge in [0.25, 0.3) is 5.91 Å². The predicted molar refractivity (Wildman–Crippen MR) is 95.2 cm³/mol. The lowest BCUT2D eigenvalue weighted by Crippen LogP contribution is -2.51. The van der Waals surface area contributed by atoms with E-state index in [0.29, 0.717) is 36.7 Å². The van der Waals surface area contributed by atoms with E-state index in [9.17, 15) is 9.18 Å². The number of hydrogen-bond acceptors (Lipinski definition) is 4. The highest BCUT2D eigenvalue weighted by molar-refractivity contribution is 5.98. The lowest BCUT2D eigenvalue weighted by molar-refractivity contribution is -0.0136. The molecule has 5 nitrogen and oxygen atoms in total. The number of rotatable bonds is 5. The summed E-state index contributed by atoms with van der Waals surface area (Å²) in [7, 11) is 1.54. The Bertz CT molecular complexity index is 780. The van der Waals surface area contributed by atoms with E-state index in [2.05, 4.69) is 5.32 Å². The third-order valence-electron chi connectivity index (χ3n) is 4.39. The molecule has 0 saturated carbocycles. The molecule has 3 rings (SSSR count). The van der Waals surface area contributed by atoms with Crippen molar-refractivity contribution >= 4 is 5.91 Å². The highest BCUT2D eigenvalue weighted by atomic mass is 19.1. The Kier molecular flexibility index (Phi) is 5.73. The molecule has 138 valence electrons. The summed E-state index contributed by atoms with van der Waals surface area (Å²) < 4.78 is 30.0. The number of hydrogen-bond donors (Lipinski definition) is 1. The van der Waals surface area contributed by atoms with Crippen LogP contribution in [0.3, 0.4) is 0 Å². The molecular weight excluding hydrogens is 337 g/mol. The third-order valence-corrected chi connectivity index (χ3v) is 4.39. The van der Waals surface area contributed by atoms with Gasteiger partial charge in [0.1, 0.15) is 23.4 Å². The molecule has 0 spiro atoms. The van der Waals surface area contributed by atoms with Gasteiger partial charge in [-0.15, -0.1) is 0 Å². The molecule has 26 heavy (non-hydrogen) atoms. The van der Waals surface area contributed by atoms with Crippen LogP contribution >= 0.6 is 0 Å². The number of benzene rings is 2. The zero-order valence-electron chi connectivity index (χ0n) is 14.8. The molecule has 1 saturated heterocycles. The molecule has 0 aliphatic carbocycles. The lowest BCUT2D eigenvalue weighted by atomic mass is 10.0. The van der Waals surface area contributed by atoms with Gasteiger partial charge >= 0.3 is 0 Å². The van der Waals surface area contributed by atoms with E-state index >= 15 is 0 Å². The van der Waals surface area contributed by atoms with Crippen LogP contribution in [0.5, 0.6) is 11.5 Å². The van der Waals surface area contributed by atoms with Gasteiger partial charge in [-0.3, -0.25) is 4.79 Å². The molecule has 2 aromatic rings. The number of amides is 1. The molecule has 0 radical (unpaired) electrons. The van der Waals surface area contributed by atoms with Gasteiger partial charge in [-0.25, -0.2) is 4.39 Å². The molecule has 1 aliphatic heterocycles. The number of aryl methyl sites for hydroxylation is 1. The van der Waals surface area contributed by atoms with Crippen molar-refractivity contribution in [3.8, 4) is 11.5 Å². The topological polar surface area (TPSA) is 56.8 Å². The minimum absolute atomic E-state index is 0.223. The number of nitrogens with one attached hydrogen (secondary N) is 1. The summed E-state index contributed by atoms with van der Waals surface area (Å²) in [6.45, 7) is 2.72. The second kappa shape index (κ2) is 8.19. The molecule has 6 heteroatoms. The zero-order valence-corrected chi connectivity index (χ0v) is 14.8. The first-order valence-electron chi connectivity index (χ1n) is 8.53. The van der Waals surface area contributed by atoms with E-state index in [1.807, 2.05) is 19.1 Å². The van der Waals surface area contributed by atoms with Crippen molar-refractivity contribution in [2.45, 2.75) is 25.5 Å². The van der Waals surface area contributed by atoms with Gasteiger partial charge in [-0.05, 0) is 37.1 Å². The minimum Gasteiger partial charge on any atom is -0.496 e. The maximum atomic E-state index is 13.4. The third kappa shape index (κ3) is 4.14. The maximum absolute atomic E-state index is 13.4. The fraction of sp³-hybridized carbons (Fsp3) is 0.350. The molecular formula is C20H22FNO4. The molecule has 1 fully saturated rings. The lowest BCUT2D eigenvalue weighted by Gasteiger charge is -2.32. The minimum atomic E-state index is -0.399. The molecule has 1 amide bonds. The van der Waals surface area contributed by atoms with Crippen molar-refractivity contribution in [1.82, 2.24) is 5.32 Å². The summed E-state index contributed by atoms with van der Waals surface area (Å²) in [6.07, 6.45) is 0.212. The largest absolute Gasteiger partial charge is 0.496 e. The Hall–Kier alpha value is -2.60. The number of carbonyl (C=O) groups excluding carboxylic acids is 1. The second-order valence-electron chi connectivity index (χ2n) is 6.21. The van der Waals surface area contributed by atoms with Crippen molar-refractivity contribution in [3.05, 3.63) is 59.4 Å². The fourth-order valence-corrected chi connectivity index (χ4v) is 3.05. The first kappa shape index (κ1) is 18.2. The summed E-state index contributed by atoms with van der Waals surface area (Å²) in [6, 6.07) is 11.2. The van der Waals surface area contributed by atoms with Gasteiger partial charge in [0.2, 0.25) is 0 Å². The fourth-order valence-electron chi connectivity index (χ4n) is 3.05. The molecule has 0 aromatic heterocycles. The molecule has 0 bridgehead atoms. The van der Waals surface area contributed by atoms with Crippen LogP contribution in [0, 0.1) is 12.7 Å². The van der Waals surface area contributed by atoms with Gasteiger partial charge in [0.15, 0.2) is 0 Å². The summed E-state index contributed by atoms with van der Waals surface area (Å²) >= 11 is 0. The van der Waals surface area contributed by atoms with Gasteiger partial charge in [-0.2, -0.15) is 0 Å². The smallest absolute Gasteiger partial charge is 0.255 e. The van der Waals surface area contributed by atoms with Crippen LogP contribution in [0.2, 0.25) is 0 Å². The summed E-state index contributed by atoms with van der Waals surface area (Å²) in [5.41, 5.74) is 1.34. The number of halogens is 1. The van der Waals surface area contributed by atoms with Crippen molar-refractivity contribution < 1.29 is 23.4 Å². The predicted octanol–water partition coefficient (Wildman–Crippen LogP) is 3.11. The molecule has 0 unspecified atom stereocenters. The quantitative estimate of drug-likeness (QED) is 0.891. The van der Waals surface area contributed by atoms with Crippen molar-refractivity contribution in [2.75, 3.05) is 20.3 Å². The Balaban J connectivity index is 1.75. The van der Waals surface area contributed by atoms with Crippen LogP contribution < -0.4 is 14.8 Å². The normalized spacial score (nSPS) is 19.7. The van der Waals surface area contributed by atoms with Crippen LogP contribution in [-0.2, 0) is 4.74 Å². The van der Waals surface area contributed by atoms with Crippen LogP contribution in [0.15, 0.2) is 42.5 Å². The molecule has 1 aliphatic rings. The van der Waals surface area contributed by atoms with Gasteiger partial charge in [0.05, 0.1) is 25.3 Å². The molecule has 1 heterocycles. The molecule has 2 atom stereocenters. The standard InChI is InChI=1S/C20H22FNO4/c1-13-5-3-8-17(24-2)19(13)20(23)22-16-9-10-25-12-18(16)26-15-7-4-6-14(21)11-15/h3-8,11,16,18H,9-10,12H2,1-2H3,(H,22,23)/t16-,18-/m1/s1. The summed E-state index contributed by atoms with van der Waals surface area (Å²) in [5, 5.41) is 3.02. The average Bonchev–Trinajstić information content (AvgIpc) is 2.63. The van der Waals surface area contributed by atoms with E-state index in [4.69, 9.17) is 14.2 Å². The van der Waals surface area contributed by atoms with E-state index < -0.39 is 6.10 Å². The van der Waals surface area contributed by atoms with Crippen LogP contribution in [0.1, 0.15) is 22.3 Å². The number of methoxy groups -OCH3 is 1. The SMILES string of the molecule is COc1cccc(C)c1C(=O)N[C@@H]1CCOC[C@H]1Oc1cccc(F)c1. The Morgan fingerprint density at radius 2 is 2.08 bits per heavy atom. The van der Waals surface area contributed by atoms with E-state index in [1.54, 1.807) is 18.2 Å². The first-order chi connectivity index (χ1) is 12.6. The number of carbonyl (C=O) groups is 1. The van der Waals surface area contributed by atoms with Crippen molar-refractivity contribution in [3.63, 3.8) is 0 Å². The Labute approximate surface area is 152 Å². The maximum Gasteiger partial charge on any atom is 0.255 e. The van der Waals surface area contributed by atoms with Gasteiger partial charge in [-0.1, -0.05) is 18.2 Å². The van der Waals surface area contributed by atoms with Crippen LogP contribution in [0.25, 0.3) is 0 Å².